The molecular formula is C11H11F2N3OS. The Morgan fingerprint density at radius 2 is 2.06 bits per heavy atom. The van der Waals surface area contributed by atoms with Crippen molar-refractivity contribution in [1.82, 2.24) is 5.32 Å². The molecule has 1 unspecified atom stereocenters. The number of nitrogens with one attached hydrogen (secondary N) is 2. The summed E-state index contributed by atoms with van der Waals surface area (Å²) < 4.78 is 27.4. The minimum atomic E-state index is -0.780. The minimum Gasteiger partial charge on any atom is -0.389 e. The first-order valence-corrected chi connectivity index (χ1v) is 5.70. The van der Waals surface area contributed by atoms with Crippen LogP contribution >= 0.6 is 12.2 Å². The van der Waals surface area contributed by atoms with Crippen molar-refractivity contribution < 1.29 is 13.6 Å². The fourth-order valence-corrected chi connectivity index (χ4v) is 1.88. The zero-order valence-electron chi connectivity index (χ0n) is 9.30. The van der Waals surface area contributed by atoms with Gasteiger partial charge in [0.25, 0.3) is 0 Å². The molecule has 1 atom stereocenters. The van der Waals surface area contributed by atoms with Crippen molar-refractivity contribution in [3.8, 4) is 0 Å². The summed E-state index contributed by atoms with van der Waals surface area (Å²) in [6.45, 7) is 0.342. The van der Waals surface area contributed by atoms with E-state index < -0.39 is 11.6 Å². The first kappa shape index (κ1) is 12.7. The number of nitrogens with two attached hydrogens (primary N) is 1. The van der Waals surface area contributed by atoms with E-state index >= 15 is 0 Å². The summed E-state index contributed by atoms with van der Waals surface area (Å²) in [5.41, 5.74) is 5.17. The van der Waals surface area contributed by atoms with E-state index in [9.17, 15) is 13.6 Å². The van der Waals surface area contributed by atoms with E-state index in [4.69, 9.17) is 5.73 Å². The van der Waals surface area contributed by atoms with Crippen LogP contribution in [0.3, 0.4) is 0 Å². The molecule has 1 aromatic rings. The highest BCUT2D eigenvalue weighted by molar-refractivity contribution is 7.80. The van der Waals surface area contributed by atoms with Gasteiger partial charge in [-0.2, -0.15) is 0 Å². The molecule has 18 heavy (non-hydrogen) atoms. The van der Waals surface area contributed by atoms with Crippen LogP contribution in [0.2, 0.25) is 0 Å². The Labute approximate surface area is 108 Å². The molecule has 0 bridgehead atoms. The standard InChI is InChI=1S/C11H11F2N3OS/c12-7-1-5(11(14)18)2-8(13)10(7)16-6-3-9(17)15-4-6/h1-2,6,16H,3-4H2,(H2,14,18)(H,15,17). The summed E-state index contributed by atoms with van der Waals surface area (Å²) >= 11 is 4.65. The summed E-state index contributed by atoms with van der Waals surface area (Å²) in [5, 5.41) is 5.23. The lowest BCUT2D eigenvalue weighted by atomic mass is 10.1. The topological polar surface area (TPSA) is 67.2 Å². The quantitative estimate of drug-likeness (QED) is 0.715. The van der Waals surface area contributed by atoms with Crippen molar-refractivity contribution in [2.75, 3.05) is 11.9 Å². The highest BCUT2D eigenvalue weighted by Crippen LogP contribution is 2.22. The van der Waals surface area contributed by atoms with E-state index in [0.717, 1.165) is 12.1 Å². The monoisotopic (exact) mass is 271 g/mol. The molecular weight excluding hydrogens is 260 g/mol. The molecule has 4 N–H and O–H groups in total. The Balaban J connectivity index is 2.23. The van der Waals surface area contributed by atoms with Crippen molar-refractivity contribution in [2.45, 2.75) is 12.5 Å². The number of thiocarbonyl (C=S) groups is 1. The molecule has 0 saturated carbocycles. The van der Waals surface area contributed by atoms with E-state index in [0.29, 0.717) is 6.54 Å². The van der Waals surface area contributed by atoms with E-state index in [-0.39, 0.29) is 34.6 Å². The van der Waals surface area contributed by atoms with Crippen molar-refractivity contribution >= 4 is 28.8 Å². The van der Waals surface area contributed by atoms with Crippen molar-refractivity contribution in [3.05, 3.63) is 29.3 Å². The van der Waals surface area contributed by atoms with Crippen LogP contribution in [0.5, 0.6) is 0 Å². The van der Waals surface area contributed by atoms with Gasteiger partial charge in [-0.05, 0) is 12.1 Å². The molecule has 1 aliphatic rings. The van der Waals surface area contributed by atoms with Gasteiger partial charge in [-0.1, -0.05) is 12.2 Å². The molecule has 1 fully saturated rings. The molecule has 0 aliphatic carbocycles. The number of carbonyl (C=O) groups is 1. The molecule has 1 aromatic carbocycles. The van der Waals surface area contributed by atoms with Gasteiger partial charge >= 0.3 is 0 Å². The third kappa shape index (κ3) is 2.56. The maximum Gasteiger partial charge on any atom is 0.222 e. The van der Waals surface area contributed by atoms with Gasteiger partial charge in [0.1, 0.15) is 22.3 Å². The lowest BCUT2D eigenvalue weighted by molar-refractivity contribution is -0.119. The molecule has 1 saturated heterocycles. The van der Waals surface area contributed by atoms with Crippen LogP contribution in [0.15, 0.2) is 12.1 Å². The number of hydrogen-bond donors (Lipinski definition) is 3. The van der Waals surface area contributed by atoms with Crippen molar-refractivity contribution in [3.63, 3.8) is 0 Å². The zero-order chi connectivity index (χ0) is 13.3. The molecule has 1 amide bonds. The Morgan fingerprint density at radius 1 is 1.44 bits per heavy atom. The zero-order valence-corrected chi connectivity index (χ0v) is 10.1. The normalized spacial score (nSPS) is 18.6. The Hall–Kier alpha value is -1.76. The number of benzene rings is 1. The summed E-state index contributed by atoms with van der Waals surface area (Å²) in [6, 6.07) is 1.81. The maximum atomic E-state index is 13.7. The lowest BCUT2D eigenvalue weighted by Gasteiger charge is -2.14. The van der Waals surface area contributed by atoms with Gasteiger partial charge in [-0.3, -0.25) is 4.79 Å². The van der Waals surface area contributed by atoms with E-state index in [1.807, 2.05) is 0 Å². The lowest BCUT2D eigenvalue weighted by Crippen LogP contribution is -2.24. The number of hydrogen-bond acceptors (Lipinski definition) is 3. The molecule has 0 aromatic heterocycles. The summed E-state index contributed by atoms with van der Waals surface area (Å²) in [7, 11) is 0. The fourth-order valence-electron chi connectivity index (χ4n) is 1.76. The smallest absolute Gasteiger partial charge is 0.222 e. The SMILES string of the molecule is NC(=S)c1cc(F)c(NC2CNC(=O)C2)c(F)c1. The number of carbonyl (C=O) groups excluding carboxylic acids is 1. The van der Waals surface area contributed by atoms with Crippen LogP contribution in [0.4, 0.5) is 14.5 Å². The second-order valence-electron chi connectivity index (χ2n) is 4.03. The number of rotatable bonds is 3. The van der Waals surface area contributed by atoms with Gasteiger partial charge in [0, 0.05) is 18.5 Å². The Bertz CT molecular complexity index is 498. The molecule has 0 spiro atoms. The van der Waals surface area contributed by atoms with Gasteiger partial charge in [0.05, 0.1) is 6.04 Å². The highest BCUT2D eigenvalue weighted by Gasteiger charge is 2.23. The first-order valence-electron chi connectivity index (χ1n) is 5.29. The molecule has 1 aliphatic heterocycles. The molecule has 0 radical (unpaired) electrons. The van der Waals surface area contributed by atoms with Crippen LogP contribution < -0.4 is 16.4 Å². The fraction of sp³-hybridized carbons (Fsp3) is 0.273. The van der Waals surface area contributed by atoms with E-state index in [1.54, 1.807) is 0 Å². The van der Waals surface area contributed by atoms with Gasteiger partial charge < -0.3 is 16.4 Å². The minimum absolute atomic E-state index is 0.0722. The van der Waals surface area contributed by atoms with Gasteiger partial charge in [0.2, 0.25) is 5.91 Å². The van der Waals surface area contributed by atoms with Crippen LogP contribution in [0.25, 0.3) is 0 Å². The van der Waals surface area contributed by atoms with Crippen LogP contribution in [0.1, 0.15) is 12.0 Å². The third-order valence-corrected chi connectivity index (χ3v) is 2.89. The average Bonchev–Trinajstić information content (AvgIpc) is 2.69. The summed E-state index contributed by atoms with van der Waals surface area (Å²) in [4.78, 5) is 10.9. The van der Waals surface area contributed by atoms with Crippen LogP contribution in [-0.4, -0.2) is 23.5 Å². The average molecular weight is 271 g/mol. The Morgan fingerprint density at radius 3 is 2.50 bits per heavy atom. The van der Waals surface area contributed by atoms with Crippen molar-refractivity contribution in [2.24, 2.45) is 5.73 Å². The van der Waals surface area contributed by atoms with Crippen molar-refractivity contribution in [1.29, 1.82) is 0 Å². The molecule has 96 valence electrons. The van der Waals surface area contributed by atoms with Gasteiger partial charge in [0.15, 0.2) is 0 Å². The summed E-state index contributed by atoms with van der Waals surface area (Å²) in [5.74, 6) is -1.71. The molecule has 4 nitrogen and oxygen atoms in total. The summed E-state index contributed by atoms with van der Waals surface area (Å²) in [6.07, 6.45) is 0.190. The van der Waals surface area contributed by atoms with Crippen LogP contribution in [-0.2, 0) is 4.79 Å². The third-order valence-electron chi connectivity index (χ3n) is 2.65. The second kappa shape index (κ2) is 4.85. The van der Waals surface area contributed by atoms with Crippen LogP contribution in [0, 0.1) is 11.6 Å². The predicted molar refractivity (Wildman–Crippen MR) is 67.3 cm³/mol. The van der Waals surface area contributed by atoms with E-state index in [2.05, 4.69) is 22.9 Å². The molecule has 7 heteroatoms. The van der Waals surface area contributed by atoms with E-state index in [1.165, 1.54) is 0 Å². The van der Waals surface area contributed by atoms with Gasteiger partial charge in [-0.15, -0.1) is 0 Å². The van der Waals surface area contributed by atoms with Gasteiger partial charge in [-0.25, -0.2) is 8.78 Å². The number of halogens is 2. The second-order valence-corrected chi connectivity index (χ2v) is 4.47. The largest absolute Gasteiger partial charge is 0.389 e. The highest BCUT2D eigenvalue weighted by atomic mass is 32.1. The Kier molecular flexibility index (Phi) is 3.42. The molecule has 1 heterocycles. The maximum absolute atomic E-state index is 13.7. The molecule has 2 rings (SSSR count). The number of anilines is 1. The predicted octanol–water partition coefficient (Wildman–Crippen LogP) is 0.899. The first-order chi connectivity index (χ1) is 8.47. The number of amides is 1.